The molecule has 0 aromatic heterocycles. The Morgan fingerprint density at radius 1 is 0.422 bits per heavy atom. The number of fused-ring (bicyclic) bond motifs is 6. The minimum atomic E-state index is -0.172. The number of rotatable bonds is 7. The van der Waals surface area contributed by atoms with Gasteiger partial charge in [0.15, 0.2) is 0 Å². The topological polar surface area (TPSA) is 6.48 Å². The highest BCUT2D eigenvalue weighted by atomic mass is 15.2. The molecule has 1 saturated carbocycles. The molecule has 3 atom stereocenters. The Balaban J connectivity index is 1.08. The number of benzene rings is 9. The van der Waals surface area contributed by atoms with E-state index in [2.05, 4.69) is 230 Å². The molecule has 0 bridgehead atoms. The SMILES string of the molecule is CC1(C)c2ccccc2-c2c(-c3ccccc3)cc(N(c3ccccc3)c3cccc4c3C35c6c(cccc6N(c6ccccc6)c6cccc7ccccc67)CC3CCC5C4)cc21. The molecule has 0 saturated heterocycles. The summed E-state index contributed by atoms with van der Waals surface area (Å²) < 4.78 is 0. The molecule has 1 fully saturated rings. The minimum Gasteiger partial charge on any atom is -0.310 e. The lowest BCUT2D eigenvalue weighted by Gasteiger charge is -2.40. The molecule has 2 heteroatoms. The summed E-state index contributed by atoms with van der Waals surface area (Å²) in [5, 5.41) is 2.52. The quantitative estimate of drug-likeness (QED) is 0.158. The molecule has 0 aliphatic heterocycles. The van der Waals surface area contributed by atoms with Crippen molar-refractivity contribution in [3.63, 3.8) is 0 Å². The maximum absolute atomic E-state index is 2.64. The summed E-state index contributed by atoms with van der Waals surface area (Å²) >= 11 is 0. The van der Waals surface area contributed by atoms with Gasteiger partial charge < -0.3 is 9.80 Å². The second kappa shape index (κ2) is 14.2. The van der Waals surface area contributed by atoms with Crippen LogP contribution in [0.4, 0.5) is 34.1 Å². The first-order valence-electron chi connectivity index (χ1n) is 23.3. The fourth-order valence-electron chi connectivity index (χ4n) is 13.2. The molecule has 9 aromatic rings. The van der Waals surface area contributed by atoms with Crippen LogP contribution in [0.15, 0.2) is 206 Å². The van der Waals surface area contributed by atoms with Crippen LogP contribution in [0.3, 0.4) is 0 Å². The van der Waals surface area contributed by atoms with Gasteiger partial charge in [-0.1, -0.05) is 166 Å². The first-order chi connectivity index (χ1) is 31.5. The smallest absolute Gasteiger partial charge is 0.0540 e. The van der Waals surface area contributed by atoms with Crippen molar-refractivity contribution in [3.05, 3.63) is 240 Å². The van der Waals surface area contributed by atoms with Gasteiger partial charge in [-0.05, 0) is 153 Å². The molecule has 1 spiro atoms. The van der Waals surface area contributed by atoms with Crippen LogP contribution in [0.25, 0.3) is 33.0 Å². The Labute approximate surface area is 377 Å². The molecular weight excluding hydrogens is 773 g/mol. The summed E-state index contributed by atoms with van der Waals surface area (Å²) in [5.41, 5.74) is 21.2. The molecule has 3 unspecified atom stereocenters. The van der Waals surface area contributed by atoms with Gasteiger partial charge in [0, 0.05) is 33.3 Å². The summed E-state index contributed by atoms with van der Waals surface area (Å²) in [6.07, 6.45) is 4.67. The van der Waals surface area contributed by atoms with E-state index in [1.54, 1.807) is 0 Å². The minimum absolute atomic E-state index is 0.156. The Morgan fingerprint density at radius 3 is 1.64 bits per heavy atom. The number of anilines is 6. The fourth-order valence-corrected chi connectivity index (χ4v) is 13.2. The number of nitrogens with zero attached hydrogens (tertiary/aromatic N) is 2. The molecule has 0 N–H and O–H groups in total. The van der Waals surface area contributed by atoms with Crippen LogP contribution in [0.5, 0.6) is 0 Å². The highest BCUT2D eigenvalue weighted by Gasteiger charge is 2.62. The van der Waals surface area contributed by atoms with E-state index in [0.717, 1.165) is 12.8 Å². The van der Waals surface area contributed by atoms with E-state index in [1.807, 2.05) is 0 Å². The maximum Gasteiger partial charge on any atom is 0.0540 e. The van der Waals surface area contributed by atoms with Crippen LogP contribution in [0.1, 0.15) is 60.1 Å². The molecule has 64 heavy (non-hydrogen) atoms. The van der Waals surface area contributed by atoms with E-state index in [4.69, 9.17) is 0 Å². The van der Waals surface area contributed by atoms with Gasteiger partial charge >= 0.3 is 0 Å². The summed E-state index contributed by atoms with van der Waals surface area (Å²) in [6, 6.07) is 77.7. The standard InChI is InChI=1S/C62H50N2/c1-61(2)53-31-15-14-30-51(53)58-52(42-19-6-3-7-20-42)39-49(40-54(58)61)63(47-25-8-4-9-26-47)56-33-17-23-43-37-45-35-36-46-38-44-24-18-34-57(60(44)62(45,46)59(43)56)64(48-27-10-5-11-28-48)55-32-16-22-41-21-12-13-29-50(41)55/h3-34,39-40,45-46H,35-38H2,1-2H3. The lowest BCUT2D eigenvalue weighted by atomic mass is 9.68. The predicted octanol–water partition coefficient (Wildman–Crippen LogP) is 16.2. The van der Waals surface area contributed by atoms with Crippen molar-refractivity contribution in [1.82, 2.24) is 0 Å². The maximum atomic E-state index is 2.64. The third-order valence-corrected chi connectivity index (χ3v) is 15.7. The molecule has 13 rings (SSSR count). The van der Waals surface area contributed by atoms with Crippen LogP contribution in [-0.4, -0.2) is 0 Å². The van der Waals surface area contributed by atoms with E-state index in [9.17, 15) is 0 Å². The highest BCUT2D eigenvalue weighted by Crippen LogP contribution is 2.69. The van der Waals surface area contributed by atoms with E-state index in [-0.39, 0.29) is 10.8 Å². The third-order valence-electron chi connectivity index (χ3n) is 15.7. The third kappa shape index (κ3) is 5.26. The van der Waals surface area contributed by atoms with Crippen LogP contribution >= 0.6 is 0 Å². The first kappa shape index (κ1) is 37.4. The number of hydrogen-bond acceptors (Lipinski definition) is 2. The molecule has 4 aliphatic carbocycles. The Bertz CT molecular complexity index is 3260. The van der Waals surface area contributed by atoms with Crippen molar-refractivity contribution < 1.29 is 0 Å². The van der Waals surface area contributed by atoms with Gasteiger partial charge in [0.1, 0.15) is 0 Å². The Hall–Kier alpha value is -7.16. The van der Waals surface area contributed by atoms with Crippen LogP contribution in [-0.2, 0) is 23.7 Å². The predicted molar refractivity (Wildman–Crippen MR) is 267 cm³/mol. The second-order valence-corrected chi connectivity index (χ2v) is 19.2. The molecule has 308 valence electrons. The molecule has 2 nitrogen and oxygen atoms in total. The normalized spacial score (nSPS) is 19.3. The Kier molecular flexibility index (Phi) is 8.28. The van der Waals surface area contributed by atoms with Gasteiger partial charge in [-0.3, -0.25) is 0 Å². The lowest BCUT2D eigenvalue weighted by Crippen LogP contribution is -2.34. The van der Waals surface area contributed by atoms with Crippen molar-refractivity contribution in [3.8, 4) is 22.3 Å². The molecule has 9 aromatic carbocycles. The van der Waals surface area contributed by atoms with Gasteiger partial charge in [-0.2, -0.15) is 0 Å². The monoisotopic (exact) mass is 822 g/mol. The van der Waals surface area contributed by atoms with E-state index in [1.165, 1.54) is 113 Å². The van der Waals surface area contributed by atoms with E-state index >= 15 is 0 Å². The van der Waals surface area contributed by atoms with Crippen molar-refractivity contribution in [1.29, 1.82) is 0 Å². The zero-order valence-corrected chi connectivity index (χ0v) is 36.5. The number of para-hydroxylation sites is 2. The van der Waals surface area contributed by atoms with E-state index in [0.29, 0.717) is 11.8 Å². The number of hydrogen-bond donors (Lipinski definition) is 0. The largest absolute Gasteiger partial charge is 0.310 e. The molecular formula is C62H50N2. The van der Waals surface area contributed by atoms with Crippen LogP contribution < -0.4 is 9.80 Å². The highest BCUT2D eigenvalue weighted by molar-refractivity contribution is 6.00. The summed E-state index contributed by atoms with van der Waals surface area (Å²) in [6.45, 7) is 4.84. The zero-order valence-electron chi connectivity index (χ0n) is 36.5. The van der Waals surface area contributed by atoms with Gasteiger partial charge in [0.2, 0.25) is 0 Å². The van der Waals surface area contributed by atoms with Crippen molar-refractivity contribution in [2.45, 2.75) is 50.4 Å². The molecule has 0 amide bonds. The van der Waals surface area contributed by atoms with Gasteiger partial charge in [-0.15, -0.1) is 0 Å². The van der Waals surface area contributed by atoms with Crippen LogP contribution in [0, 0.1) is 11.8 Å². The Morgan fingerprint density at radius 2 is 0.953 bits per heavy atom. The van der Waals surface area contributed by atoms with Gasteiger partial charge in [-0.25, -0.2) is 0 Å². The fraction of sp³-hybridized carbons (Fsp3) is 0.161. The van der Waals surface area contributed by atoms with Crippen molar-refractivity contribution in [2.24, 2.45) is 11.8 Å². The summed E-state index contributed by atoms with van der Waals surface area (Å²) in [4.78, 5) is 5.23. The van der Waals surface area contributed by atoms with E-state index < -0.39 is 0 Å². The first-order valence-corrected chi connectivity index (χ1v) is 23.3. The summed E-state index contributed by atoms with van der Waals surface area (Å²) in [5.74, 6) is 1.01. The molecule has 0 heterocycles. The average molecular weight is 823 g/mol. The van der Waals surface area contributed by atoms with Gasteiger partial charge in [0.05, 0.1) is 17.1 Å². The van der Waals surface area contributed by atoms with Gasteiger partial charge in [0.25, 0.3) is 0 Å². The summed E-state index contributed by atoms with van der Waals surface area (Å²) in [7, 11) is 0. The molecule has 4 aliphatic rings. The lowest BCUT2D eigenvalue weighted by molar-refractivity contribution is 0.350. The van der Waals surface area contributed by atoms with Crippen molar-refractivity contribution >= 4 is 44.9 Å². The zero-order chi connectivity index (χ0) is 42.6. The van der Waals surface area contributed by atoms with Crippen LogP contribution in [0.2, 0.25) is 0 Å². The van der Waals surface area contributed by atoms with Crippen molar-refractivity contribution in [2.75, 3.05) is 9.80 Å². The second-order valence-electron chi connectivity index (χ2n) is 19.2. The average Bonchev–Trinajstić information content (AvgIpc) is 4.04. The molecule has 0 radical (unpaired) electrons.